The molecule has 0 bridgehead atoms. The van der Waals surface area contributed by atoms with Crippen LogP contribution in [0.4, 0.5) is 11.4 Å². The summed E-state index contributed by atoms with van der Waals surface area (Å²) in [6, 6.07) is 13.7. The zero-order chi connectivity index (χ0) is 18.7. The van der Waals surface area contributed by atoms with Gasteiger partial charge >= 0.3 is 0 Å². The van der Waals surface area contributed by atoms with Crippen LogP contribution in [-0.4, -0.2) is 43.0 Å². The number of hydrogen-bond donors (Lipinski definition) is 1. The van der Waals surface area contributed by atoms with Crippen LogP contribution in [-0.2, 0) is 4.79 Å². The molecule has 26 heavy (non-hydrogen) atoms. The van der Waals surface area contributed by atoms with Crippen molar-refractivity contribution in [3.63, 3.8) is 0 Å². The molecule has 1 heterocycles. The Balaban J connectivity index is 1.56. The number of carbonyl (C=O) groups is 1. The summed E-state index contributed by atoms with van der Waals surface area (Å²) in [5, 5.41) is 3.58. The minimum atomic E-state index is -0.170. The van der Waals surface area contributed by atoms with Gasteiger partial charge < -0.3 is 10.2 Å². The zero-order valence-electron chi connectivity index (χ0n) is 15.6. The van der Waals surface area contributed by atoms with E-state index >= 15 is 0 Å². The quantitative estimate of drug-likeness (QED) is 0.878. The van der Waals surface area contributed by atoms with E-state index in [-0.39, 0.29) is 11.9 Å². The number of anilines is 2. The summed E-state index contributed by atoms with van der Waals surface area (Å²) in [6.45, 7) is 9.85. The van der Waals surface area contributed by atoms with Crippen molar-refractivity contribution in [3.05, 3.63) is 58.6 Å². The number of nitrogens with zero attached hydrogens (tertiary/aromatic N) is 2. The topological polar surface area (TPSA) is 35.6 Å². The standard InChI is InChI=1S/C21H26ClN3O/c1-15-7-8-20(13-16(15)2)25-11-9-24(10-12-25)17(3)21(26)23-19-6-4-5-18(22)14-19/h4-8,13-14,17H,9-12H2,1-3H3,(H,23,26)/t17-/m1/s1. The van der Waals surface area contributed by atoms with Crippen molar-refractivity contribution in [1.82, 2.24) is 4.90 Å². The van der Waals surface area contributed by atoms with Gasteiger partial charge in [0.15, 0.2) is 0 Å². The van der Waals surface area contributed by atoms with E-state index in [1.165, 1.54) is 16.8 Å². The molecule has 5 heteroatoms. The number of piperazine rings is 1. The highest BCUT2D eigenvalue weighted by molar-refractivity contribution is 6.30. The molecule has 3 rings (SSSR count). The van der Waals surface area contributed by atoms with E-state index in [1.54, 1.807) is 12.1 Å². The lowest BCUT2D eigenvalue weighted by Crippen LogP contribution is -2.52. The monoisotopic (exact) mass is 371 g/mol. The fraction of sp³-hybridized carbons (Fsp3) is 0.381. The molecule has 0 saturated carbocycles. The number of benzene rings is 2. The Labute approximate surface area is 160 Å². The van der Waals surface area contributed by atoms with Gasteiger partial charge in [0.25, 0.3) is 0 Å². The molecule has 0 aromatic heterocycles. The van der Waals surface area contributed by atoms with E-state index in [4.69, 9.17) is 11.6 Å². The van der Waals surface area contributed by atoms with Crippen LogP contribution in [0.3, 0.4) is 0 Å². The number of hydrogen-bond acceptors (Lipinski definition) is 3. The van der Waals surface area contributed by atoms with Crippen LogP contribution >= 0.6 is 11.6 Å². The first-order valence-electron chi connectivity index (χ1n) is 9.07. The maximum atomic E-state index is 12.5. The molecule has 1 amide bonds. The third-order valence-electron chi connectivity index (χ3n) is 5.19. The van der Waals surface area contributed by atoms with Gasteiger partial charge in [0.1, 0.15) is 0 Å². The van der Waals surface area contributed by atoms with E-state index in [9.17, 15) is 4.79 Å². The summed E-state index contributed by atoms with van der Waals surface area (Å²) >= 11 is 5.98. The third-order valence-corrected chi connectivity index (χ3v) is 5.42. The van der Waals surface area contributed by atoms with Gasteiger partial charge in [0, 0.05) is 42.6 Å². The molecule has 2 aromatic rings. The minimum Gasteiger partial charge on any atom is -0.369 e. The van der Waals surface area contributed by atoms with Gasteiger partial charge in [-0.1, -0.05) is 23.7 Å². The van der Waals surface area contributed by atoms with Gasteiger partial charge in [-0.25, -0.2) is 0 Å². The van der Waals surface area contributed by atoms with E-state index in [0.717, 1.165) is 31.9 Å². The first kappa shape index (κ1) is 18.7. The van der Waals surface area contributed by atoms with Crippen molar-refractivity contribution < 1.29 is 4.79 Å². The van der Waals surface area contributed by atoms with E-state index in [1.807, 2.05) is 19.1 Å². The summed E-state index contributed by atoms with van der Waals surface area (Å²) in [6.07, 6.45) is 0. The summed E-state index contributed by atoms with van der Waals surface area (Å²) in [5.74, 6) is 0.00639. The Morgan fingerprint density at radius 3 is 2.42 bits per heavy atom. The van der Waals surface area contributed by atoms with Crippen LogP contribution in [0.25, 0.3) is 0 Å². The number of amides is 1. The largest absolute Gasteiger partial charge is 0.369 e. The molecule has 1 saturated heterocycles. The Kier molecular flexibility index (Phi) is 5.84. The van der Waals surface area contributed by atoms with Crippen LogP contribution in [0.5, 0.6) is 0 Å². The highest BCUT2D eigenvalue weighted by atomic mass is 35.5. The van der Waals surface area contributed by atoms with Gasteiger partial charge in [-0.15, -0.1) is 0 Å². The van der Waals surface area contributed by atoms with Gasteiger partial charge in [0.05, 0.1) is 6.04 Å². The van der Waals surface area contributed by atoms with Gasteiger partial charge in [-0.05, 0) is 62.2 Å². The molecule has 1 atom stereocenters. The lowest BCUT2D eigenvalue weighted by Gasteiger charge is -2.38. The van der Waals surface area contributed by atoms with Crippen LogP contribution < -0.4 is 10.2 Å². The van der Waals surface area contributed by atoms with E-state index in [2.05, 4.69) is 47.2 Å². The number of halogens is 1. The van der Waals surface area contributed by atoms with Crippen LogP contribution in [0.1, 0.15) is 18.1 Å². The Morgan fingerprint density at radius 2 is 1.77 bits per heavy atom. The van der Waals surface area contributed by atoms with Crippen molar-refractivity contribution in [1.29, 1.82) is 0 Å². The first-order valence-corrected chi connectivity index (χ1v) is 9.44. The van der Waals surface area contributed by atoms with Crippen LogP contribution in [0.2, 0.25) is 5.02 Å². The molecule has 1 N–H and O–H groups in total. The molecular weight excluding hydrogens is 346 g/mol. The second-order valence-electron chi connectivity index (χ2n) is 6.97. The molecule has 1 aliphatic heterocycles. The highest BCUT2D eigenvalue weighted by Crippen LogP contribution is 2.21. The summed E-state index contributed by atoms with van der Waals surface area (Å²) < 4.78 is 0. The maximum absolute atomic E-state index is 12.5. The normalized spacial score (nSPS) is 16.4. The summed E-state index contributed by atoms with van der Waals surface area (Å²) in [5.41, 5.74) is 4.64. The van der Waals surface area contributed by atoms with E-state index in [0.29, 0.717) is 5.02 Å². The lowest BCUT2D eigenvalue weighted by molar-refractivity contribution is -0.120. The van der Waals surface area contributed by atoms with Crippen molar-refractivity contribution >= 4 is 28.9 Å². The molecule has 4 nitrogen and oxygen atoms in total. The van der Waals surface area contributed by atoms with Crippen molar-refractivity contribution in [2.24, 2.45) is 0 Å². The van der Waals surface area contributed by atoms with Gasteiger partial charge in [-0.2, -0.15) is 0 Å². The van der Waals surface area contributed by atoms with Gasteiger partial charge in [0.2, 0.25) is 5.91 Å². The number of nitrogens with one attached hydrogen (secondary N) is 1. The molecule has 1 aliphatic rings. The first-order chi connectivity index (χ1) is 12.4. The molecule has 0 spiro atoms. The number of aryl methyl sites for hydroxylation is 2. The predicted octanol–water partition coefficient (Wildman–Crippen LogP) is 4.11. The second-order valence-corrected chi connectivity index (χ2v) is 7.40. The third kappa shape index (κ3) is 4.37. The molecule has 138 valence electrons. The Bertz CT molecular complexity index is 785. The lowest BCUT2D eigenvalue weighted by atomic mass is 10.1. The predicted molar refractivity (Wildman–Crippen MR) is 109 cm³/mol. The Hall–Kier alpha value is -2.04. The molecule has 1 fully saturated rings. The Morgan fingerprint density at radius 1 is 1.04 bits per heavy atom. The fourth-order valence-corrected chi connectivity index (χ4v) is 3.46. The average molecular weight is 372 g/mol. The molecule has 0 unspecified atom stereocenters. The van der Waals surface area contributed by atoms with E-state index < -0.39 is 0 Å². The summed E-state index contributed by atoms with van der Waals surface area (Å²) in [7, 11) is 0. The summed E-state index contributed by atoms with van der Waals surface area (Å²) in [4.78, 5) is 17.2. The van der Waals surface area contributed by atoms with Crippen molar-refractivity contribution in [3.8, 4) is 0 Å². The van der Waals surface area contributed by atoms with Crippen molar-refractivity contribution in [2.45, 2.75) is 26.8 Å². The zero-order valence-corrected chi connectivity index (χ0v) is 16.4. The minimum absolute atomic E-state index is 0.00639. The van der Waals surface area contributed by atoms with Gasteiger partial charge in [-0.3, -0.25) is 9.69 Å². The molecule has 2 aromatic carbocycles. The van der Waals surface area contributed by atoms with Crippen molar-refractivity contribution in [2.75, 3.05) is 36.4 Å². The average Bonchev–Trinajstić information content (AvgIpc) is 2.63. The van der Waals surface area contributed by atoms with Crippen LogP contribution in [0.15, 0.2) is 42.5 Å². The molecular formula is C21H26ClN3O. The molecule has 0 aliphatic carbocycles. The number of rotatable bonds is 4. The fourth-order valence-electron chi connectivity index (χ4n) is 3.27. The second kappa shape index (κ2) is 8.11. The molecule has 0 radical (unpaired) electrons. The maximum Gasteiger partial charge on any atom is 0.241 e. The SMILES string of the molecule is Cc1ccc(N2CCN([C@H](C)C(=O)Nc3cccc(Cl)c3)CC2)cc1C. The highest BCUT2D eigenvalue weighted by Gasteiger charge is 2.25. The number of carbonyl (C=O) groups excluding carboxylic acids is 1. The smallest absolute Gasteiger partial charge is 0.241 e. The van der Waals surface area contributed by atoms with Crippen LogP contribution in [0, 0.1) is 13.8 Å².